The SMILES string of the molecule is C1=CC1.CCCC[B]CCCC. The Kier molecular flexibility index (Phi) is 10.6. The summed E-state index contributed by atoms with van der Waals surface area (Å²) in [5.41, 5.74) is 0. The molecular formula is C11H22B. The minimum atomic E-state index is 1.25. The molecule has 0 aliphatic heterocycles. The van der Waals surface area contributed by atoms with Crippen LogP contribution >= 0.6 is 0 Å². The molecule has 1 radical (unpaired) electrons. The van der Waals surface area contributed by atoms with Crippen LogP contribution in [0.15, 0.2) is 12.2 Å². The van der Waals surface area contributed by atoms with Gasteiger partial charge in [-0.15, -0.1) is 0 Å². The summed E-state index contributed by atoms with van der Waals surface area (Å²) < 4.78 is 0. The Bertz CT molecular complexity index is 87.2. The molecule has 0 heterocycles. The van der Waals surface area contributed by atoms with Crippen molar-refractivity contribution in [3.05, 3.63) is 12.2 Å². The van der Waals surface area contributed by atoms with Crippen molar-refractivity contribution in [3.8, 4) is 0 Å². The van der Waals surface area contributed by atoms with Crippen molar-refractivity contribution in [2.24, 2.45) is 0 Å². The lowest BCUT2D eigenvalue weighted by molar-refractivity contribution is 0.851. The first-order chi connectivity index (χ1) is 5.91. The lowest BCUT2D eigenvalue weighted by Crippen LogP contribution is -1.87. The Hall–Kier alpha value is -0.195. The fourth-order valence-electron chi connectivity index (χ4n) is 0.841. The quantitative estimate of drug-likeness (QED) is 0.316. The smallest absolute Gasteiger partial charge is 0.0844 e. The molecule has 1 rings (SSSR count). The van der Waals surface area contributed by atoms with Gasteiger partial charge in [-0.2, -0.15) is 0 Å². The molecule has 0 saturated heterocycles. The van der Waals surface area contributed by atoms with Gasteiger partial charge in [-0.3, -0.25) is 0 Å². The highest BCUT2D eigenvalue weighted by atomic mass is 13.8. The first-order valence-corrected chi connectivity index (χ1v) is 5.38. The van der Waals surface area contributed by atoms with Crippen LogP contribution in [0.5, 0.6) is 0 Å². The summed E-state index contributed by atoms with van der Waals surface area (Å²) in [7, 11) is 2.42. The zero-order valence-corrected chi connectivity index (χ0v) is 8.68. The van der Waals surface area contributed by atoms with Gasteiger partial charge >= 0.3 is 0 Å². The average Bonchev–Trinajstić information content (AvgIpc) is 2.90. The maximum absolute atomic E-state index is 2.42. The summed E-state index contributed by atoms with van der Waals surface area (Å²) in [6.45, 7) is 4.49. The molecule has 0 amide bonds. The van der Waals surface area contributed by atoms with E-state index in [0.29, 0.717) is 0 Å². The molecule has 1 heteroatoms. The molecule has 12 heavy (non-hydrogen) atoms. The third-order valence-corrected chi connectivity index (χ3v) is 1.76. The van der Waals surface area contributed by atoms with Gasteiger partial charge < -0.3 is 0 Å². The second kappa shape index (κ2) is 10.8. The molecule has 1 aliphatic rings. The number of unbranched alkanes of at least 4 members (excludes halogenated alkanes) is 2. The van der Waals surface area contributed by atoms with Crippen molar-refractivity contribution >= 4 is 7.28 Å². The molecule has 0 N–H and O–H groups in total. The maximum Gasteiger partial charge on any atom is 0.109 e. The minimum absolute atomic E-state index is 1.25. The number of hydrogen-bond acceptors (Lipinski definition) is 0. The fraction of sp³-hybridized carbons (Fsp3) is 0.818. The Morgan fingerprint density at radius 3 is 1.67 bits per heavy atom. The molecule has 0 aromatic heterocycles. The fourth-order valence-corrected chi connectivity index (χ4v) is 0.841. The zero-order valence-electron chi connectivity index (χ0n) is 8.68. The molecule has 69 valence electrons. The summed E-state index contributed by atoms with van der Waals surface area (Å²) in [6, 6.07) is 0. The van der Waals surface area contributed by atoms with Gasteiger partial charge in [0.15, 0.2) is 0 Å². The molecule has 0 nitrogen and oxygen atoms in total. The van der Waals surface area contributed by atoms with Gasteiger partial charge in [0, 0.05) is 0 Å². The van der Waals surface area contributed by atoms with Crippen molar-refractivity contribution in [2.75, 3.05) is 0 Å². The van der Waals surface area contributed by atoms with E-state index in [2.05, 4.69) is 33.3 Å². The summed E-state index contributed by atoms with van der Waals surface area (Å²) >= 11 is 0. The van der Waals surface area contributed by atoms with Gasteiger partial charge in [-0.1, -0.05) is 64.3 Å². The normalized spacial score (nSPS) is 11.8. The van der Waals surface area contributed by atoms with E-state index in [1.165, 1.54) is 44.7 Å². The van der Waals surface area contributed by atoms with E-state index < -0.39 is 0 Å². The van der Waals surface area contributed by atoms with E-state index in [-0.39, 0.29) is 0 Å². The largest absolute Gasteiger partial charge is 0.109 e. The van der Waals surface area contributed by atoms with Crippen LogP contribution in [0.2, 0.25) is 12.6 Å². The van der Waals surface area contributed by atoms with Gasteiger partial charge in [0.1, 0.15) is 7.28 Å². The first kappa shape index (κ1) is 11.8. The molecule has 0 saturated carbocycles. The van der Waals surface area contributed by atoms with Crippen LogP contribution in [0.3, 0.4) is 0 Å². The van der Waals surface area contributed by atoms with Crippen LogP contribution in [0.25, 0.3) is 0 Å². The highest BCUT2D eigenvalue weighted by molar-refractivity contribution is 6.35. The number of rotatable bonds is 6. The predicted molar refractivity (Wildman–Crippen MR) is 58.9 cm³/mol. The van der Waals surface area contributed by atoms with Gasteiger partial charge in [0.2, 0.25) is 0 Å². The van der Waals surface area contributed by atoms with E-state index in [1.807, 2.05) is 0 Å². The van der Waals surface area contributed by atoms with Crippen molar-refractivity contribution < 1.29 is 0 Å². The zero-order chi connectivity index (χ0) is 9.07. The monoisotopic (exact) mass is 165 g/mol. The van der Waals surface area contributed by atoms with E-state index in [4.69, 9.17) is 0 Å². The first-order valence-electron chi connectivity index (χ1n) is 5.38. The third-order valence-electron chi connectivity index (χ3n) is 1.76. The van der Waals surface area contributed by atoms with E-state index in [0.717, 1.165) is 0 Å². The molecule has 0 aromatic carbocycles. The third kappa shape index (κ3) is 16.4. The molecule has 0 atom stereocenters. The van der Waals surface area contributed by atoms with Crippen molar-refractivity contribution in [2.45, 2.75) is 58.6 Å². The second-order valence-electron chi connectivity index (χ2n) is 3.28. The van der Waals surface area contributed by atoms with E-state index in [9.17, 15) is 0 Å². The molecule has 1 aliphatic carbocycles. The van der Waals surface area contributed by atoms with Crippen LogP contribution in [-0.2, 0) is 0 Å². The second-order valence-corrected chi connectivity index (χ2v) is 3.28. The number of allylic oxidation sites excluding steroid dienone is 2. The molecular weight excluding hydrogens is 143 g/mol. The Morgan fingerprint density at radius 2 is 1.42 bits per heavy atom. The van der Waals surface area contributed by atoms with E-state index >= 15 is 0 Å². The Labute approximate surface area is 78.7 Å². The summed E-state index contributed by atoms with van der Waals surface area (Å²) in [6.07, 6.45) is 13.6. The van der Waals surface area contributed by atoms with Crippen molar-refractivity contribution in [1.29, 1.82) is 0 Å². The van der Waals surface area contributed by atoms with Gasteiger partial charge in [-0.25, -0.2) is 0 Å². The Balaban J connectivity index is 0.000000330. The lowest BCUT2D eigenvalue weighted by Gasteiger charge is -1.94. The highest BCUT2D eigenvalue weighted by Gasteiger charge is 1.88. The van der Waals surface area contributed by atoms with Crippen LogP contribution in [0.4, 0.5) is 0 Å². The van der Waals surface area contributed by atoms with Gasteiger partial charge in [0.25, 0.3) is 0 Å². The summed E-state index contributed by atoms with van der Waals surface area (Å²) in [4.78, 5) is 0. The summed E-state index contributed by atoms with van der Waals surface area (Å²) in [5, 5.41) is 0. The lowest BCUT2D eigenvalue weighted by atomic mass is 9.68. The van der Waals surface area contributed by atoms with Crippen LogP contribution in [0.1, 0.15) is 46.0 Å². The standard InChI is InChI=1S/C8H18B.C3H4/c1-3-5-7-9-8-6-4-2;1-2-3-1/h3-8H2,1-2H3;1-2H,3H2. The van der Waals surface area contributed by atoms with Crippen LogP contribution < -0.4 is 0 Å². The minimum Gasteiger partial charge on any atom is -0.0844 e. The average molecular weight is 165 g/mol. The highest BCUT2D eigenvalue weighted by Crippen LogP contribution is 1.99. The van der Waals surface area contributed by atoms with Gasteiger partial charge in [-0.05, 0) is 6.42 Å². The van der Waals surface area contributed by atoms with Crippen LogP contribution in [-0.4, -0.2) is 7.28 Å². The molecule has 0 bridgehead atoms. The van der Waals surface area contributed by atoms with Crippen molar-refractivity contribution in [3.63, 3.8) is 0 Å². The molecule has 0 unspecified atom stereocenters. The molecule has 0 fully saturated rings. The maximum atomic E-state index is 2.42. The van der Waals surface area contributed by atoms with E-state index in [1.54, 1.807) is 0 Å². The molecule has 0 aromatic rings. The summed E-state index contributed by atoms with van der Waals surface area (Å²) in [5.74, 6) is 0. The Morgan fingerprint density at radius 1 is 1.00 bits per heavy atom. The number of hydrogen-bond donors (Lipinski definition) is 0. The topological polar surface area (TPSA) is 0 Å². The van der Waals surface area contributed by atoms with Crippen molar-refractivity contribution in [1.82, 2.24) is 0 Å². The predicted octanol–water partition coefficient (Wildman–Crippen LogP) is 4.07. The van der Waals surface area contributed by atoms with Gasteiger partial charge in [0.05, 0.1) is 0 Å². The molecule has 0 spiro atoms. The van der Waals surface area contributed by atoms with Crippen LogP contribution in [0, 0.1) is 0 Å².